The maximum Gasteiger partial charge on any atom is 0.338 e. The van der Waals surface area contributed by atoms with Crippen molar-refractivity contribution in [3.8, 4) is 0 Å². The summed E-state index contributed by atoms with van der Waals surface area (Å²) >= 11 is 0. The highest BCUT2D eigenvalue weighted by atomic mass is 16.8. The fourth-order valence-corrected chi connectivity index (χ4v) is 19.6. The Hall–Kier alpha value is -6.88. The summed E-state index contributed by atoms with van der Waals surface area (Å²) in [5.41, 5.74) is 1.71. The predicted molar refractivity (Wildman–Crippen MR) is 366 cm³/mol. The lowest BCUT2D eigenvalue weighted by Gasteiger charge is -2.71. The minimum atomic E-state index is -1.74. The van der Waals surface area contributed by atoms with Gasteiger partial charge in [0, 0.05) is 13.8 Å². The molecule has 0 unspecified atom stereocenters. The quantitative estimate of drug-likeness (QED) is 0.0414. The van der Waals surface area contributed by atoms with Crippen molar-refractivity contribution < 1.29 is 95.1 Å². The molecule has 0 radical (unpaired) electrons. The molecule has 8 fully saturated rings. The summed E-state index contributed by atoms with van der Waals surface area (Å²) in [5.74, 6) is -4.55. The molecule has 20 nitrogen and oxygen atoms in total. The summed E-state index contributed by atoms with van der Waals surface area (Å²) in [6, 6.07) is 34.3. The van der Waals surface area contributed by atoms with Gasteiger partial charge < -0.3 is 66.3 Å². The Morgan fingerprint density at radius 1 is 0.515 bits per heavy atom. The van der Waals surface area contributed by atoms with E-state index in [1.165, 1.54) is 43.7 Å². The Balaban J connectivity index is 0.789. The standard InChI is InChI=1S/C81H100O20/c1-47-61(92-48(2)82)64(98-72-65(97-70(86)53-31-23-16-24-32-53)62(96-69(85)52-29-21-15-22-30-52)56(45-88-72)94-68(84)51-27-19-14-20-28-51)67(93-49(3)83)73(91-47)99-66-63-57(100-77(8,9)101-63)46-89-71(66)95-60-36-37-78(10)58(76(60,6)7)35-38-80(12)59(78)34-33-54-55-43-75(4,5)39-41-81(55,42-40-79(54,80)11)74(87)90-44-50-25-17-13-18-26-50/h13-33,47,55-67,71-73H,34-46H2,1-12H3/t47-,55-,56+,57-,58-,59+,60-,61-,62-,63-,64+,65+,66+,67+,71-,72-,73-,78-,79+,80+,81-/m0/s1. The van der Waals surface area contributed by atoms with E-state index in [2.05, 4.69) is 54.5 Å². The molecule has 4 saturated heterocycles. The van der Waals surface area contributed by atoms with E-state index in [1.807, 2.05) is 44.2 Å². The topological polar surface area (TPSA) is 232 Å². The van der Waals surface area contributed by atoms with Crippen molar-refractivity contribution in [1.82, 2.24) is 0 Å². The molecule has 13 rings (SSSR count). The van der Waals surface area contributed by atoms with Crippen molar-refractivity contribution in [2.24, 2.45) is 50.2 Å². The number of esters is 6. The van der Waals surface area contributed by atoms with Gasteiger partial charge in [-0.05, 0) is 172 Å². The van der Waals surface area contributed by atoms with Gasteiger partial charge >= 0.3 is 35.8 Å². The van der Waals surface area contributed by atoms with Crippen LogP contribution in [0.2, 0.25) is 0 Å². The average molecular weight is 1390 g/mol. The first kappa shape index (κ1) is 72.5. The maximum atomic E-state index is 14.8. The summed E-state index contributed by atoms with van der Waals surface area (Å²) in [5, 5.41) is 0. The third-order valence-corrected chi connectivity index (χ3v) is 24.8. The first-order valence-electron chi connectivity index (χ1n) is 36.3. The van der Waals surface area contributed by atoms with Crippen LogP contribution >= 0.6 is 0 Å². The van der Waals surface area contributed by atoms with E-state index < -0.39 is 133 Å². The van der Waals surface area contributed by atoms with Crippen molar-refractivity contribution in [2.75, 3.05) is 13.2 Å². The van der Waals surface area contributed by atoms with Crippen LogP contribution in [-0.4, -0.2) is 141 Å². The molecule has 0 spiro atoms. The largest absolute Gasteiger partial charge is 0.460 e. The van der Waals surface area contributed by atoms with E-state index in [0.717, 1.165) is 63.4 Å². The molecule has 0 amide bonds. The molecule has 0 aromatic heterocycles. The Bertz CT molecular complexity index is 3690. The summed E-state index contributed by atoms with van der Waals surface area (Å²) in [6.45, 7) is 24.6. The molecular formula is C81H100O20. The van der Waals surface area contributed by atoms with Crippen molar-refractivity contribution in [3.63, 3.8) is 0 Å². The van der Waals surface area contributed by atoms with Gasteiger partial charge in [0.05, 0.1) is 47.5 Å². The molecule has 544 valence electrons. The minimum Gasteiger partial charge on any atom is -0.460 e. The van der Waals surface area contributed by atoms with Gasteiger partial charge in [-0.15, -0.1) is 0 Å². The van der Waals surface area contributed by atoms with Crippen LogP contribution in [0.5, 0.6) is 0 Å². The van der Waals surface area contributed by atoms with E-state index in [9.17, 15) is 28.8 Å². The molecule has 21 atom stereocenters. The Morgan fingerprint density at radius 2 is 1.06 bits per heavy atom. The fraction of sp³-hybridized carbons (Fsp3) is 0.605. The Labute approximate surface area is 592 Å². The van der Waals surface area contributed by atoms with E-state index >= 15 is 0 Å². The zero-order chi connectivity index (χ0) is 71.6. The molecule has 4 heterocycles. The number of hydrogen-bond acceptors (Lipinski definition) is 20. The molecule has 4 aliphatic heterocycles. The van der Waals surface area contributed by atoms with Crippen LogP contribution in [0, 0.1) is 50.2 Å². The first-order valence-corrected chi connectivity index (χ1v) is 36.3. The molecule has 4 saturated carbocycles. The number of carbonyl (C=O) groups is 6. The third kappa shape index (κ3) is 14.0. The zero-order valence-corrected chi connectivity index (χ0v) is 60.3. The fourth-order valence-electron chi connectivity index (χ4n) is 19.6. The number of carbonyl (C=O) groups excluding carboxylic acids is 6. The zero-order valence-electron chi connectivity index (χ0n) is 60.3. The highest BCUT2D eigenvalue weighted by Crippen LogP contribution is 2.76. The van der Waals surface area contributed by atoms with Gasteiger partial charge in [0.2, 0.25) is 0 Å². The number of allylic oxidation sites excluding steroid dienone is 2. The maximum absolute atomic E-state index is 14.8. The smallest absolute Gasteiger partial charge is 0.338 e. The van der Waals surface area contributed by atoms with E-state index in [0.29, 0.717) is 12.3 Å². The summed E-state index contributed by atoms with van der Waals surface area (Å²) in [6.07, 6.45) is -6.16. The predicted octanol–water partition coefficient (Wildman–Crippen LogP) is 13.2. The van der Waals surface area contributed by atoms with Crippen molar-refractivity contribution in [1.29, 1.82) is 0 Å². The molecule has 9 aliphatic rings. The van der Waals surface area contributed by atoms with Crippen LogP contribution in [0.15, 0.2) is 133 Å². The third-order valence-electron chi connectivity index (χ3n) is 24.8. The average Bonchev–Trinajstić information content (AvgIpc) is 0.958. The molecule has 4 aromatic carbocycles. The second kappa shape index (κ2) is 28.3. The SMILES string of the molecule is CC(=O)O[C@@H]1[C@@H](O[C@@H]2OC[C@@H](OC(=O)c3ccccc3)[C@H](OC(=O)c3ccccc3)[C@H]2OC(=O)c2ccccc2)[C@@H](OC(C)=O)[C@H](O[C@H]2[C@H](O[C@H]3CC[C@]4(C)[C@H]5CC=C6[C@@H]7CC(C)(C)CC[C@]7(C(=O)OCc7ccccc7)CC[C@@]6(C)[C@]5(C)CC[C@H]4C3(C)C)OC[C@@H]3OC(C)(C)O[C@H]23)O[C@H]1C. The van der Waals surface area contributed by atoms with Gasteiger partial charge in [-0.1, -0.05) is 145 Å². The molecule has 4 aromatic rings. The second-order valence-electron chi connectivity index (χ2n) is 32.3. The normalized spacial score (nSPS) is 38.0. The number of ether oxygens (including phenoxy) is 14. The molecular weight excluding hydrogens is 1290 g/mol. The number of rotatable bonds is 17. The molecule has 0 N–H and O–H groups in total. The van der Waals surface area contributed by atoms with Gasteiger partial charge in [-0.3, -0.25) is 14.4 Å². The highest BCUT2D eigenvalue weighted by molar-refractivity contribution is 5.91. The molecule has 5 aliphatic carbocycles. The van der Waals surface area contributed by atoms with Gasteiger partial charge in [-0.2, -0.15) is 0 Å². The molecule has 0 bridgehead atoms. The first-order chi connectivity index (χ1) is 48.0. The van der Waals surface area contributed by atoms with Crippen LogP contribution in [0.1, 0.15) is 184 Å². The van der Waals surface area contributed by atoms with Crippen molar-refractivity contribution >= 4 is 35.8 Å². The number of hydrogen-bond donors (Lipinski definition) is 0. The Kier molecular flexibility index (Phi) is 20.3. The summed E-state index contributed by atoms with van der Waals surface area (Å²) in [7, 11) is 0. The lowest BCUT2D eigenvalue weighted by atomic mass is 9.33. The Morgan fingerprint density at radius 3 is 1.68 bits per heavy atom. The van der Waals surface area contributed by atoms with E-state index in [1.54, 1.807) is 73.7 Å². The van der Waals surface area contributed by atoms with Crippen LogP contribution in [0.4, 0.5) is 0 Å². The number of fused-ring (bicyclic) bond motifs is 8. The number of benzene rings is 4. The van der Waals surface area contributed by atoms with Gasteiger partial charge in [0.15, 0.2) is 55.2 Å². The minimum absolute atomic E-state index is 0.0471. The molecule has 101 heavy (non-hydrogen) atoms. The van der Waals surface area contributed by atoms with Crippen LogP contribution < -0.4 is 0 Å². The van der Waals surface area contributed by atoms with Gasteiger partial charge in [-0.25, -0.2) is 14.4 Å². The monoisotopic (exact) mass is 1390 g/mol. The van der Waals surface area contributed by atoms with E-state index in [-0.39, 0.29) is 75.5 Å². The molecule has 20 heteroatoms. The summed E-state index contributed by atoms with van der Waals surface area (Å²) < 4.78 is 92.0. The van der Waals surface area contributed by atoms with Crippen molar-refractivity contribution in [2.45, 2.75) is 246 Å². The highest BCUT2D eigenvalue weighted by Gasteiger charge is 2.70. The summed E-state index contributed by atoms with van der Waals surface area (Å²) in [4.78, 5) is 84.4. The lowest BCUT2D eigenvalue weighted by molar-refractivity contribution is -0.374. The van der Waals surface area contributed by atoms with Crippen LogP contribution in [0.25, 0.3) is 0 Å². The van der Waals surface area contributed by atoms with E-state index in [4.69, 9.17) is 66.3 Å². The van der Waals surface area contributed by atoms with Gasteiger partial charge in [0.1, 0.15) is 31.0 Å². The lowest BCUT2D eigenvalue weighted by Crippen LogP contribution is -2.67. The second-order valence-corrected chi connectivity index (χ2v) is 32.3. The van der Waals surface area contributed by atoms with Crippen LogP contribution in [0.3, 0.4) is 0 Å². The van der Waals surface area contributed by atoms with Gasteiger partial charge in [0.25, 0.3) is 0 Å². The van der Waals surface area contributed by atoms with Crippen molar-refractivity contribution in [3.05, 3.63) is 155 Å². The van der Waals surface area contributed by atoms with Crippen LogP contribution in [-0.2, 0) is 87.3 Å².